The van der Waals surface area contributed by atoms with E-state index >= 15 is 0 Å². The maximum atomic E-state index is 6.52. The zero-order valence-electron chi connectivity index (χ0n) is 20.2. The van der Waals surface area contributed by atoms with Gasteiger partial charge in [-0.15, -0.1) is 0 Å². The van der Waals surface area contributed by atoms with Gasteiger partial charge in [-0.1, -0.05) is 38.1 Å². The molecular formula is C30H38O3. The van der Waals surface area contributed by atoms with E-state index < -0.39 is 0 Å². The quantitative estimate of drug-likeness (QED) is 0.417. The highest BCUT2D eigenvalue weighted by Gasteiger charge is 2.44. The molecule has 4 aliphatic rings. The van der Waals surface area contributed by atoms with Crippen molar-refractivity contribution in [2.75, 3.05) is 0 Å². The highest BCUT2D eigenvalue weighted by atomic mass is 16.6. The average Bonchev–Trinajstić information content (AvgIpc) is 3.75. The smallest absolute Gasteiger partial charge is 0.130 e. The van der Waals surface area contributed by atoms with Crippen molar-refractivity contribution in [1.29, 1.82) is 0 Å². The molecule has 6 atom stereocenters. The van der Waals surface area contributed by atoms with Crippen molar-refractivity contribution in [3.8, 4) is 11.5 Å². The number of rotatable bonds is 8. The van der Waals surface area contributed by atoms with Gasteiger partial charge in [-0.05, 0) is 110 Å². The largest absolute Gasteiger partial charge is 0.457 e. The first-order chi connectivity index (χ1) is 16.2. The molecule has 0 bridgehead atoms. The van der Waals surface area contributed by atoms with Crippen LogP contribution in [-0.4, -0.2) is 24.4 Å². The zero-order valence-corrected chi connectivity index (χ0v) is 20.2. The fourth-order valence-electron chi connectivity index (χ4n) is 6.40. The van der Waals surface area contributed by atoms with Gasteiger partial charge < -0.3 is 14.2 Å². The molecule has 3 nitrogen and oxygen atoms in total. The van der Waals surface area contributed by atoms with Gasteiger partial charge in [-0.2, -0.15) is 0 Å². The van der Waals surface area contributed by atoms with Gasteiger partial charge in [-0.25, -0.2) is 0 Å². The lowest BCUT2D eigenvalue weighted by Gasteiger charge is -2.21. The van der Waals surface area contributed by atoms with Gasteiger partial charge in [0.15, 0.2) is 0 Å². The fourth-order valence-corrected chi connectivity index (χ4v) is 6.40. The third kappa shape index (κ3) is 4.86. The van der Waals surface area contributed by atoms with E-state index in [0.717, 1.165) is 36.2 Å². The SMILES string of the molecule is CCc1cc(CC2CCC3OC3C2)ccc1Oc1ccc(CC2CCC3OC3C2)cc1CC. The predicted octanol–water partition coefficient (Wildman–Crippen LogP) is 6.82. The van der Waals surface area contributed by atoms with Gasteiger partial charge >= 0.3 is 0 Å². The van der Waals surface area contributed by atoms with Crippen LogP contribution in [-0.2, 0) is 35.2 Å². The second-order valence-corrected chi connectivity index (χ2v) is 10.9. The van der Waals surface area contributed by atoms with Crippen LogP contribution in [0.1, 0.15) is 74.6 Å². The Morgan fingerprint density at radius 1 is 0.667 bits per heavy atom. The summed E-state index contributed by atoms with van der Waals surface area (Å²) in [6.45, 7) is 4.47. The van der Waals surface area contributed by atoms with Gasteiger partial charge in [0.25, 0.3) is 0 Å². The summed E-state index contributed by atoms with van der Waals surface area (Å²) in [6, 6.07) is 13.7. The minimum Gasteiger partial charge on any atom is -0.457 e. The predicted molar refractivity (Wildman–Crippen MR) is 131 cm³/mol. The summed E-state index contributed by atoms with van der Waals surface area (Å²) in [4.78, 5) is 0. The van der Waals surface area contributed by atoms with Crippen molar-refractivity contribution in [3.05, 3.63) is 58.7 Å². The highest BCUT2D eigenvalue weighted by Crippen LogP contribution is 2.42. The van der Waals surface area contributed by atoms with E-state index in [1.165, 1.54) is 73.6 Å². The number of hydrogen-bond acceptors (Lipinski definition) is 3. The first kappa shape index (κ1) is 21.7. The first-order valence-corrected chi connectivity index (χ1v) is 13.4. The molecule has 2 aromatic carbocycles. The molecule has 2 aromatic rings. The van der Waals surface area contributed by atoms with Crippen molar-refractivity contribution >= 4 is 0 Å². The van der Waals surface area contributed by atoms with Crippen molar-refractivity contribution in [3.63, 3.8) is 0 Å². The van der Waals surface area contributed by atoms with Crippen molar-refractivity contribution in [2.45, 2.75) is 102 Å². The molecule has 4 fully saturated rings. The van der Waals surface area contributed by atoms with Gasteiger partial charge in [0, 0.05) is 0 Å². The first-order valence-electron chi connectivity index (χ1n) is 13.4. The van der Waals surface area contributed by atoms with Gasteiger partial charge in [0.2, 0.25) is 0 Å². The Labute approximate surface area is 198 Å². The normalized spacial score (nSPS) is 32.1. The molecule has 0 spiro atoms. The van der Waals surface area contributed by atoms with E-state index in [2.05, 4.69) is 50.2 Å². The number of benzene rings is 2. The summed E-state index contributed by atoms with van der Waals surface area (Å²) in [5, 5.41) is 0. The Kier molecular flexibility index (Phi) is 5.96. The van der Waals surface area contributed by atoms with Crippen LogP contribution in [0, 0.1) is 11.8 Å². The zero-order chi connectivity index (χ0) is 22.4. The second-order valence-electron chi connectivity index (χ2n) is 10.9. The molecule has 33 heavy (non-hydrogen) atoms. The maximum Gasteiger partial charge on any atom is 0.130 e. The molecule has 2 aliphatic heterocycles. The van der Waals surface area contributed by atoms with Crippen molar-refractivity contribution in [2.24, 2.45) is 11.8 Å². The van der Waals surface area contributed by atoms with Crippen molar-refractivity contribution < 1.29 is 14.2 Å². The lowest BCUT2D eigenvalue weighted by Crippen LogP contribution is -2.15. The van der Waals surface area contributed by atoms with E-state index in [1.807, 2.05) is 0 Å². The number of fused-ring (bicyclic) bond motifs is 2. The van der Waals surface area contributed by atoms with E-state index in [9.17, 15) is 0 Å². The summed E-state index contributed by atoms with van der Waals surface area (Å²) in [5.41, 5.74) is 5.53. The number of epoxide rings is 2. The third-order valence-electron chi connectivity index (χ3n) is 8.51. The Balaban J connectivity index is 1.13. The summed E-state index contributed by atoms with van der Waals surface area (Å²) in [5.74, 6) is 3.57. The molecule has 2 heterocycles. The molecule has 0 N–H and O–H groups in total. The van der Waals surface area contributed by atoms with Gasteiger partial charge in [0.1, 0.15) is 11.5 Å². The summed E-state index contributed by atoms with van der Waals surface area (Å²) < 4.78 is 18.0. The molecule has 0 amide bonds. The fraction of sp³-hybridized carbons (Fsp3) is 0.600. The van der Waals surface area contributed by atoms with Gasteiger partial charge in [0.05, 0.1) is 24.4 Å². The molecule has 6 rings (SSSR count). The van der Waals surface area contributed by atoms with Crippen LogP contribution < -0.4 is 4.74 Å². The molecule has 0 aromatic heterocycles. The van der Waals surface area contributed by atoms with Gasteiger partial charge in [-0.3, -0.25) is 0 Å². The van der Waals surface area contributed by atoms with Crippen molar-refractivity contribution in [1.82, 2.24) is 0 Å². The molecule has 0 radical (unpaired) electrons. The third-order valence-corrected chi connectivity index (χ3v) is 8.51. The number of ether oxygens (including phenoxy) is 3. The van der Waals surface area contributed by atoms with Crippen LogP contribution in [0.3, 0.4) is 0 Å². The lowest BCUT2D eigenvalue weighted by atomic mass is 9.84. The van der Waals surface area contributed by atoms with Crippen LogP contribution in [0.25, 0.3) is 0 Å². The topological polar surface area (TPSA) is 34.3 Å². The van der Waals surface area contributed by atoms with Crippen LogP contribution in [0.15, 0.2) is 36.4 Å². The standard InChI is InChI=1S/C30H38O3/c1-3-23-15-19(13-21-7-11-27-29(17-21)32-27)5-9-25(23)31-26-10-6-20(16-24(26)4-2)14-22-8-12-28-30(18-22)33-28/h5-6,9-10,15-16,21-22,27-30H,3-4,7-8,11-14,17-18H2,1-2H3. The average molecular weight is 447 g/mol. The second kappa shape index (κ2) is 9.07. The van der Waals surface area contributed by atoms with Crippen LogP contribution in [0.2, 0.25) is 0 Å². The molecule has 176 valence electrons. The van der Waals surface area contributed by atoms with E-state index in [0.29, 0.717) is 24.4 Å². The molecule has 2 saturated carbocycles. The Hall–Kier alpha value is -1.84. The summed E-state index contributed by atoms with van der Waals surface area (Å²) in [7, 11) is 0. The molecule has 2 saturated heterocycles. The number of aryl methyl sites for hydroxylation is 2. The maximum absolute atomic E-state index is 6.52. The molecule has 6 unspecified atom stereocenters. The Bertz CT molecular complexity index is 919. The molecular weight excluding hydrogens is 408 g/mol. The highest BCUT2D eigenvalue weighted by molar-refractivity contribution is 5.44. The Morgan fingerprint density at radius 2 is 1.15 bits per heavy atom. The monoisotopic (exact) mass is 446 g/mol. The minimum absolute atomic E-state index is 0.560. The summed E-state index contributed by atoms with van der Waals surface area (Å²) >= 11 is 0. The summed E-state index contributed by atoms with van der Waals surface area (Å²) in [6.07, 6.45) is 14.2. The molecule has 2 aliphatic carbocycles. The van der Waals surface area contributed by atoms with E-state index in [4.69, 9.17) is 14.2 Å². The van der Waals surface area contributed by atoms with Crippen LogP contribution in [0.5, 0.6) is 11.5 Å². The lowest BCUT2D eigenvalue weighted by molar-refractivity contribution is 0.360. The minimum atomic E-state index is 0.560. The molecule has 3 heteroatoms. The van der Waals surface area contributed by atoms with E-state index in [1.54, 1.807) is 0 Å². The van der Waals surface area contributed by atoms with E-state index in [-0.39, 0.29) is 0 Å². The van der Waals surface area contributed by atoms with Crippen LogP contribution >= 0.6 is 0 Å². The number of hydrogen-bond donors (Lipinski definition) is 0. The van der Waals surface area contributed by atoms with Crippen LogP contribution in [0.4, 0.5) is 0 Å². The Morgan fingerprint density at radius 3 is 1.58 bits per heavy atom.